The molecule has 2 aliphatic rings. The van der Waals surface area contributed by atoms with Crippen molar-refractivity contribution < 1.29 is 0 Å². The summed E-state index contributed by atoms with van der Waals surface area (Å²) >= 11 is 0. The molecule has 3 rings (SSSR count). The van der Waals surface area contributed by atoms with E-state index in [4.69, 9.17) is 0 Å². The predicted molar refractivity (Wildman–Crippen MR) is 83.8 cm³/mol. The molecule has 0 saturated carbocycles. The minimum Gasteiger partial charge on any atom is -0.312 e. The SMILES string of the molecule is CCN1CCN(Cc2ccc3c(c2)CNCC3)CC1C. The average Bonchev–Trinajstić information content (AvgIpc) is 2.47. The number of nitrogens with zero attached hydrogens (tertiary/aromatic N) is 2. The van der Waals surface area contributed by atoms with Crippen molar-refractivity contribution in [3.63, 3.8) is 0 Å². The van der Waals surface area contributed by atoms with Gasteiger partial charge in [0.15, 0.2) is 0 Å². The predicted octanol–water partition coefficient (Wildman–Crippen LogP) is 1.86. The summed E-state index contributed by atoms with van der Waals surface area (Å²) < 4.78 is 0. The minimum atomic E-state index is 0.688. The Morgan fingerprint density at radius 1 is 1.25 bits per heavy atom. The summed E-state index contributed by atoms with van der Waals surface area (Å²) in [6.07, 6.45) is 1.18. The third-order valence-electron chi connectivity index (χ3n) is 4.82. The van der Waals surface area contributed by atoms with Crippen LogP contribution in [0.4, 0.5) is 0 Å². The molecule has 3 nitrogen and oxygen atoms in total. The Balaban J connectivity index is 1.63. The third-order valence-corrected chi connectivity index (χ3v) is 4.82. The Morgan fingerprint density at radius 2 is 2.15 bits per heavy atom. The average molecular weight is 273 g/mol. The van der Waals surface area contributed by atoms with Crippen LogP contribution in [0.5, 0.6) is 0 Å². The highest BCUT2D eigenvalue weighted by Crippen LogP contribution is 2.18. The highest BCUT2D eigenvalue weighted by Gasteiger charge is 2.22. The van der Waals surface area contributed by atoms with Crippen molar-refractivity contribution in [1.29, 1.82) is 0 Å². The summed E-state index contributed by atoms with van der Waals surface area (Å²) in [6.45, 7) is 12.7. The first-order valence-corrected chi connectivity index (χ1v) is 8.04. The van der Waals surface area contributed by atoms with Crippen molar-refractivity contribution in [2.24, 2.45) is 0 Å². The number of hydrogen-bond donors (Lipinski definition) is 1. The second-order valence-corrected chi connectivity index (χ2v) is 6.24. The van der Waals surface area contributed by atoms with Crippen molar-refractivity contribution >= 4 is 0 Å². The zero-order valence-electron chi connectivity index (χ0n) is 12.9. The van der Waals surface area contributed by atoms with Crippen molar-refractivity contribution in [2.75, 3.05) is 32.7 Å². The summed E-state index contributed by atoms with van der Waals surface area (Å²) in [5.74, 6) is 0. The van der Waals surface area contributed by atoms with Crippen molar-refractivity contribution in [3.05, 3.63) is 34.9 Å². The monoisotopic (exact) mass is 273 g/mol. The lowest BCUT2D eigenvalue weighted by atomic mass is 9.98. The molecule has 1 saturated heterocycles. The number of nitrogens with one attached hydrogen (secondary N) is 1. The Bertz CT molecular complexity index is 458. The van der Waals surface area contributed by atoms with E-state index in [0.29, 0.717) is 6.04 Å². The number of fused-ring (bicyclic) bond motifs is 1. The van der Waals surface area contributed by atoms with E-state index >= 15 is 0 Å². The molecular weight excluding hydrogens is 246 g/mol. The van der Waals surface area contributed by atoms with Crippen LogP contribution < -0.4 is 5.32 Å². The van der Waals surface area contributed by atoms with Crippen LogP contribution in [0.15, 0.2) is 18.2 Å². The van der Waals surface area contributed by atoms with Gasteiger partial charge in [-0.25, -0.2) is 0 Å². The maximum atomic E-state index is 3.47. The fourth-order valence-electron chi connectivity index (χ4n) is 3.57. The summed E-state index contributed by atoms with van der Waals surface area (Å²) in [4.78, 5) is 5.18. The van der Waals surface area contributed by atoms with Gasteiger partial charge in [0.1, 0.15) is 0 Å². The van der Waals surface area contributed by atoms with Crippen LogP contribution in [-0.2, 0) is 19.5 Å². The molecule has 1 N–H and O–H groups in total. The van der Waals surface area contributed by atoms with E-state index in [1.165, 1.54) is 49.3 Å². The fourth-order valence-corrected chi connectivity index (χ4v) is 3.57. The van der Waals surface area contributed by atoms with Crippen LogP contribution >= 0.6 is 0 Å². The molecule has 0 bridgehead atoms. The zero-order valence-corrected chi connectivity index (χ0v) is 12.9. The van der Waals surface area contributed by atoms with Gasteiger partial charge >= 0.3 is 0 Å². The molecule has 1 fully saturated rings. The van der Waals surface area contributed by atoms with Gasteiger partial charge in [-0.2, -0.15) is 0 Å². The molecule has 0 spiro atoms. The molecule has 1 unspecified atom stereocenters. The summed E-state index contributed by atoms with van der Waals surface area (Å²) in [5, 5.41) is 3.47. The summed E-state index contributed by atoms with van der Waals surface area (Å²) in [6, 6.07) is 7.78. The lowest BCUT2D eigenvalue weighted by molar-refractivity contribution is 0.0834. The van der Waals surface area contributed by atoms with Gasteiger partial charge in [0.25, 0.3) is 0 Å². The van der Waals surface area contributed by atoms with E-state index in [1.807, 2.05) is 0 Å². The third kappa shape index (κ3) is 3.05. The van der Waals surface area contributed by atoms with Gasteiger partial charge in [-0.05, 0) is 43.1 Å². The molecule has 1 atom stereocenters. The summed E-state index contributed by atoms with van der Waals surface area (Å²) in [5.41, 5.74) is 4.52. The van der Waals surface area contributed by atoms with Gasteiger partial charge in [-0.15, -0.1) is 0 Å². The van der Waals surface area contributed by atoms with Crippen LogP contribution in [0.3, 0.4) is 0 Å². The van der Waals surface area contributed by atoms with E-state index in [1.54, 1.807) is 0 Å². The molecule has 110 valence electrons. The van der Waals surface area contributed by atoms with Crippen molar-refractivity contribution in [2.45, 2.75) is 39.4 Å². The number of benzene rings is 1. The quantitative estimate of drug-likeness (QED) is 0.907. The van der Waals surface area contributed by atoms with E-state index in [9.17, 15) is 0 Å². The van der Waals surface area contributed by atoms with Crippen LogP contribution in [0.1, 0.15) is 30.5 Å². The largest absolute Gasteiger partial charge is 0.312 e. The normalized spacial score (nSPS) is 24.6. The Kier molecular flexibility index (Phi) is 4.39. The smallest absolute Gasteiger partial charge is 0.0235 e. The molecular formula is C17H27N3. The molecule has 0 radical (unpaired) electrons. The highest BCUT2D eigenvalue weighted by atomic mass is 15.3. The van der Waals surface area contributed by atoms with Crippen LogP contribution in [-0.4, -0.2) is 48.6 Å². The van der Waals surface area contributed by atoms with E-state index in [-0.39, 0.29) is 0 Å². The number of hydrogen-bond acceptors (Lipinski definition) is 3. The lowest BCUT2D eigenvalue weighted by Gasteiger charge is -2.39. The molecule has 20 heavy (non-hydrogen) atoms. The lowest BCUT2D eigenvalue weighted by Crippen LogP contribution is -2.51. The second-order valence-electron chi connectivity index (χ2n) is 6.24. The standard InChI is InChI=1S/C17H27N3/c1-3-20-9-8-19(12-14(20)2)13-15-4-5-16-6-7-18-11-17(16)10-15/h4-5,10,14,18H,3,6-9,11-13H2,1-2H3. The van der Waals surface area contributed by atoms with Gasteiger partial charge in [0, 0.05) is 38.8 Å². The van der Waals surface area contributed by atoms with Gasteiger partial charge in [0.05, 0.1) is 0 Å². The van der Waals surface area contributed by atoms with Gasteiger partial charge in [-0.1, -0.05) is 25.1 Å². The molecule has 2 aliphatic heterocycles. The maximum Gasteiger partial charge on any atom is 0.0235 e. The van der Waals surface area contributed by atoms with Gasteiger partial charge < -0.3 is 5.32 Å². The first-order valence-electron chi connectivity index (χ1n) is 8.04. The van der Waals surface area contributed by atoms with Gasteiger partial charge in [-0.3, -0.25) is 9.80 Å². The number of likely N-dealkylation sites (N-methyl/N-ethyl adjacent to an activating group) is 1. The Labute approximate surface area is 123 Å². The van der Waals surface area contributed by atoms with Gasteiger partial charge in [0.2, 0.25) is 0 Å². The molecule has 0 aromatic heterocycles. The number of rotatable bonds is 3. The van der Waals surface area contributed by atoms with Crippen molar-refractivity contribution in [1.82, 2.24) is 15.1 Å². The van der Waals surface area contributed by atoms with E-state index in [2.05, 4.69) is 47.2 Å². The first kappa shape index (κ1) is 14.1. The molecule has 0 amide bonds. The Morgan fingerprint density at radius 3 is 2.95 bits per heavy atom. The molecule has 1 aromatic rings. The molecule has 3 heteroatoms. The molecule has 1 aromatic carbocycles. The minimum absolute atomic E-state index is 0.688. The second kappa shape index (κ2) is 6.25. The van der Waals surface area contributed by atoms with Crippen LogP contribution in [0.2, 0.25) is 0 Å². The molecule has 0 aliphatic carbocycles. The molecule has 2 heterocycles. The highest BCUT2D eigenvalue weighted by molar-refractivity contribution is 5.33. The van der Waals surface area contributed by atoms with E-state index in [0.717, 1.165) is 19.6 Å². The fraction of sp³-hybridized carbons (Fsp3) is 0.647. The number of piperazine rings is 1. The van der Waals surface area contributed by atoms with Crippen LogP contribution in [0.25, 0.3) is 0 Å². The maximum absolute atomic E-state index is 3.47. The zero-order chi connectivity index (χ0) is 13.9. The summed E-state index contributed by atoms with van der Waals surface area (Å²) in [7, 11) is 0. The topological polar surface area (TPSA) is 18.5 Å². The van der Waals surface area contributed by atoms with Crippen molar-refractivity contribution in [3.8, 4) is 0 Å². The van der Waals surface area contributed by atoms with Crippen LogP contribution in [0, 0.1) is 0 Å². The first-order chi connectivity index (χ1) is 9.76. The Hall–Kier alpha value is -0.900. The van der Waals surface area contributed by atoms with E-state index < -0.39 is 0 Å².